The normalized spacial score (nSPS) is 23.2. The molecule has 8 rings (SSSR count). The molecule has 4 aliphatic rings. The van der Waals surface area contributed by atoms with E-state index in [4.69, 9.17) is 19.5 Å². The molecule has 90 heavy (non-hydrogen) atoms. The summed E-state index contributed by atoms with van der Waals surface area (Å²) in [6.45, 7) is 16.0. The first-order valence-corrected chi connectivity index (χ1v) is 33.5. The fourth-order valence-electron chi connectivity index (χ4n) is 10.7. The lowest BCUT2D eigenvalue weighted by Gasteiger charge is -2.30. The summed E-state index contributed by atoms with van der Waals surface area (Å²) in [5.74, 6) is -3.04. The largest absolute Gasteiger partial charge is 0.512 e. The molecule has 488 valence electrons. The van der Waals surface area contributed by atoms with Gasteiger partial charge in [-0.1, -0.05) is 38.3 Å². The smallest absolute Gasteiger partial charge is 0.481 e. The molecule has 4 aromatic rings. The number of fused-ring (bicyclic) bond motifs is 9. The number of thioether (sulfide) groups is 1. The van der Waals surface area contributed by atoms with E-state index in [-0.39, 0.29) is 78.3 Å². The van der Waals surface area contributed by atoms with E-state index in [0.717, 1.165) is 96.2 Å². The number of hydrogen-bond donors (Lipinski definition) is 15. The highest BCUT2D eigenvalue weighted by atomic mass is 32.2. The number of aliphatic hydroxyl groups is 3. The number of phosphoric ester groups is 3. The lowest BCUT2D eigenvalue weighted by Crippen LogP contribution is -2.46. The molecule has 9 unspecified atom stereocenters. The van der Waals surface area contributed by atoms with Gasteiger partial charge in [-0.05, 0) is 98.2 Å². The number of anilines is 1. The van der Waals surface area contributed by atoms with Crippen LogP contribution in [-0.2, 0) is 68.3 Å². The number of aromatic nitrogens is 6. The molecule has 4 aliphatic heterocycles. The number of nitrogens with one attached hydrogen (secondary N) is 6. The van der Waals surface area contributed by atoms with Crippen LogP contribution in [0.25, 0.3) is 29.4 Å². The van der Waals surface area contributed by atoms with Crippen LogP contribution in [0.3, 0.4) is 0 Å². The summed E-state index contributed by atoms with van der Waals surface area (Å²) >= 11 is 1.02. The van der Waals surface area contributed by atoms with Gasteiger partial charge in [0.2, 0.25) is 11.8 Å². The Balaban J connectivity index is 0.819. The molecule has 2 amide bonds. The summed E-state index contributed by atoms with van der Waals surface area (Å²) in [5, 5.41) is 55.8. The summed E-state index contributed by atoms with van der Waals surface area (Å²) in [4.78, 5) is 110. The number of rotatable bonds is 27. The highest BCUT2D eigenvalue weighted by Crippen LogP contribution is 2.61. The first kappa shape index (κ1) is 69.1. The van der Waals surface area contributed by atoms with E-state index in [1.165, 1.54) is 13.8 Å². The number of aliphatic hydroxyl groups excluding tert-OH is 3. The molecule has 9 atom stereocenters. The molecule has 31 nitrogen and oxygen atoms in total. The highest BCUT2D eigenvalue weighted by molar-refractivity contribution is 8.13. The van der Waals surface area contributed by atoms with Gasteiger partial charge >= 0.3 is 29.4 Å². The van der Waals surface area contributed by atoms with E-state index in [9.17, 15) is 72.9 Å². The van der Waals surface area contributed by atoms with E-state index in [1.54, 1.807) is 0 Å². The zero-order chi connectivity index (χ0) is 65.9. The number of nitrogen functional groups attached to an aromatic ring is 1. The molecule has 0 saturated carbocycles. The summed E-state index contributed by atoms with van der Waals surface area (Å²) in [6.07, 6.45) is 3.02. The van der Waals surface area contributed by atoms with Crippen molar-refractivity contribution < 1.29 is 95.5 Å². The lowest BCUT2D eigenvalue weighted by atomic mass is 9.87. The maximum absolute atomic E-state index is 13.5. The number of carboxylic acid groups (broad SMARTS) is 1. The van der Waals surface area contributed by atoms with Crippen molar-refractivity contribution in [1.82, 2.24) is 50.8 Å². The molecule has 16 N–H and O–H groups in total. The minimum absolute atomic E-state index is 0.0137. The zero-order valence-corrected chi connectivity index (χ0v) is 53.2. The van der Waals surface area contributed by atoms with Crippen molar-refractivity contribution in [2.45, 2.75) is 104 Å². The Kier molecular flexibility index (Phi) is 21.5. The van der Waals surface area contributed by atoms with Gasteiger partial charge in [-0.15, -0.1) is 6.58 Å². The Bertz CT molecular complexity index is 3940. The van der Waals surface area contributed by atoms with E-state index in [1.807, 2.05) is 58.1 Å². The Morgan fingerprint density at radius 1 is 0.856 bits per heavy atom. The number of nitrogens with zero attached hydrogens (tertiary/aromatic N) is 4. The average Bonchev–Trinajstić information content (AvgIpc) is 1.68. The van der Waals surface area contributed by atoms with Crippen molar-refractivity contribution >= 4 is 93.3 Å². The second-order valence-electron chi connectivity index (χ2n) is 22.4. The number of amides is 2. The maximum atomic E-state index is 13.5. The van der Waals surface area contributed by atoms with Crippen molar-refractivity contribution in [3.8, 4) is 0 Å². The van der Waals surface area contributed by atoms with Crippen LogP contribution in [0, 0.1) is 31.1 Å². The van der Waals surface area contributed by atoms with Gasteiger partial charge in [0.15, 0.2) is 22.8 Å². The molecular formula is C55H72N11O20P3S. The van der Waals surface area contributed by atoms with Crippen LogP contribution in [-0.4, -0.2) is 149 Å². The average molecular weight is 1330 g/mol. The number of aliphatic carboxylic acids is 1. The molecule has 4 aromatic heterocycles. The predicted octanol–water partition coefficient (Wildman–Crippen LogP) is 2.68. The van der Waals surface area contributed by atoms with Crippen LogP contribution in [0.1, 0.15) is 86.8 Å². The third kappa shape index (κ3) is 16.3. The minimum atomic E-state index is -5.64. The second-order valence-corrected chi connectivity index (χ2v) is 27.8. The van der Waals surface area contributed by atoms with E-state index in [2.05, 4.69) is 68.2 Å². The van der Waals surface area contributed by atoms with Gasteiger partial charge in [0.05, 0.1) is 31.2 Å². The molecule has 1 saturated heterocycles. The fraction of sp³-hybridized carbons (Fsp3) is 0.436. The third-order valence-corrected chi connectivity index (χ3v) is 19.6. The van der Waals surface area contributed by atoms with Crippen LogP contribution in [0.5, 0.6) is 0 Å². The number of hydrogen-bond acceptors (Lipinski definition) is 22. The number of carbonyl (C=O) groups is 4. The van der Waals surface area contributed by atoms with E-state index in [0.29, 0.717) is 17.5 Å². The quantitative estimate of drug-likeness (QED) is 0.0177. The van der Waals surface area contributed by atoms with Crippen LogP contribution in [0.2, 0.25) is 0 Å². The van der Waals surface area contributed by atoms with Crippen LogP contribution in [0.15, 0.2) is 77.7 Å². The number of carboxylic acids is 1. The van der Waals surface area contributed by atoms with Crippen molar-refractivity contribution in [2.75, 3.05) is 37.8 Å². The number of nitrogens with two attached hydrogens (primary N) is 1. The molecule has 0 aromatic carbocycles. The number of carbonyl (C=O) groups excluding carboxylic acids is 3. The van der Waals surface area contributed by atoms with Gasteiger partial charge in [-0.25, -0.2) is 28.6 Å². The topological polar surface area (TPSA) is 477 Å². The fourth-order valence-corrected chi connectivity index (χ4v) is 14.2. The minimum Gasteiger partial charge on any atom is -0.512 e. The third-order valence-electron chi connectivity index (χ3n) is 15.5. The van der Waals surface area contributed by atoms with Gasteiger partial charge in [0, 0.05) is 94.3 Å². The molecule has 0 spiro atoms. The van der Waals surface area contributed by atoms with Gasteiger partial charge in [-0.3, -0.25) is 37.3 Å². The Morgan fingerprint density at radius 2 is 1.54 bits per heavy atom. The van der Waals surface area contributed by atoms with E-state index < -0.39 is 96.4 Å². The maximum Gasteiger partial charge on any atom is 0.481 e. The molecule has 0 radical (unpaired) electrons. The molecule has 8 bridgehead atoms. The van der Waals surface area contributed by atoms with Gasteiger partial charge in [-0.2, -0.15) is 4.31 Å². The molecule has 8 heterocycles. The highest BCUT2D eigenvalue weighted by Gasteiger charge is 2.50. The standard InChI is InChI=1S/C55H72N11O20P3S/c1-9-31-26(2)36-20-41-46(30(6)67)29(5)37(65-41)18-34-27(3)32(10-12-44(69)70)39(63-34)21-40-33(28(4)35(64-40)19-38(31)62-36)11-13-45(71)90-17-16-57-43(68)14-15-58-53(74)50(73)55(7,8)23-83-89(80,81)86-88(78,79)82-22-42-49(85-87(75,76)77)48(72)54(84-42)66-25-61-47-51(56)59-24-60-52(47)66/h9,18-21,24-25,31,42,46,48-50,54,62-65,67,72-73H,1,6,10-17,22-23H2,2-5,7-8H3,(H,57,68)(H,58,74)(H,69,70)(H,78,79)(H,80,81)(H2,56,59,60)(H2,75,76,77)/b34-18-,38-19+,39-21?,41-20-. The molecular weight excluding hydrogens is 1260 g/mol. The number of aromatic amines is 2. The summed E-state index contributed by atoms with van der Waals surface area (Å²) in [6, 6.07) is 0. The summed E-state index contributed by atoms with van der Waals surface area (Å²) < 4.78 is 63.0. The zero-order valence-electron chi connectivity index (χ0n) is 49.7. The first-order valence-electron chi connectivity index (χ1n) is 28.0. The van der Waals surface area contributed by atoms with Gasteiger partial charge in [0.25, 0.3) is 0 Å². The monoisotopic (exact) mass is 1330 g/mol. The van der Waals surface area contributed by atoms with Crippen LogP contribution < -0.4 is 37.7 Å². The van der Waals surface area contributed by atoms with Crippen molar-refractivity contribution in [1.29, 1.82) is 0 Å². The number of H-pyrrole nitrogens is 2. The van der Waals surface area contributed by atoms with Crippen LogP contribution >= 0.6 is 35.2 Å². The second kappa shape index (κ2) is 28.0. The number of phosphoric acid groups is 3. The summed E-state index contributed by atoms with van der Waals surface area (Å²) in [7, 11) is -16.6. The van der Waals surface area contributed by atoms with Crippen molar-refractivity contribution in [2.24, 2.45) is 17.3 Å². The Morgan fingerprint density at radius 3 is 2.23 bits per heavy atom. The summed E-state index contributed by atoms with van der Waals surface area (Å²) in [5.41, 5.74) is 14.0. The van der Waals surface area contributed by atoms with E-state index >= 15 is 0 Å². The molecule has 0 aliphatic carbocycles. The Hall–Kier alpha value is -6.83. The number of imidazole rings is 1. The first-order chi connectivity index (χ1) is 42.2. The Labute approximate surface area is 518 Å². The van der Waals surface area contributed by atoms with Crippen molar-refractivity contribution in [3.63, 3.8) is 0 Å². The molecule has 35 heteroatoms. The predicted molar refractivity (Wildman–Crippen MR) is 326 cm³/mol. The van der Waals surface area contributed by atoms with Crippen LogP contribution in [0.4, 0.5) is 5.82 Å². The van der Waals surface area contributed by atoms with Gasteiger partial charge in [0.1, 0.15) is 36.3 Å². The van der Waals surface area contributed by atoms with Gasteiger partial charge < -0.3 is 81.7 Å². The molecule has 1 fully saturated rings. The SMILES string of the molecule is C=CC1C(C)=C2/C=C3\NC(=C(C)C3C(=C)O)/C=c3\[nH]c(c(CCC(=O)O)c3C)=Cc3[nH]c(c(C)c3CCC(=O)SCCNC(=O)CCNC(=O)C(O)C(C)(C)COP(=O)(O)OP(=O)(O)OCC3OC(n4cnc5c(N)ncnc54)C(O)C3OP(=O)(O)O)/C=C\1N2. The van der Waals surface area contributed by atoms with Crippen molar-refractivity contribution in [3.05, 3.63) is 122 Å². The number of ether oxygens (including phenoxy) is 1. The number of allylic oxidation sites excluding steroid dienone is 3. The lowest BCUT2D eigenvalue weighted by molar-refractivity contribution is -0.137.